The number of hydrogen-bond acceptors (Lipinski definition) is 7. The molecule has 6 heterocycles. The summed E-state index contributed by atoms with van der Waals surface area (Å²) in [4.78, 5) is 20.1. The number of aromatic nitrogens is 6. The highest BCUT2D eigenvalue weighted by Crippen LogP contribution is 2.33. The summed E-state index contributed by atoms with van der Waals surface area (Å²) in [5.74, 6) is 2.13. The minimum atomic E-state index is 0.234. The van der Waals surface area contributed by atoms with E-state index in [-0.39, 0.29) is 6.04 Å². The van der Waals surface area contributed by atoms with E-state index >= 15 is 0 Å². The third kappa shape index (κ3) is 3.65. The molecular formula is C25H29N7O2. The number of H-pyrrole nitrogens is 1. The van der Waals surface area contributed by atoms with E-state index in [0.717, 1.165) is 71.4 Å². The molecule has 2 aliphatic rings. The summed E-state index contributed by atoms with van der Waals surface area (Å²) in [7, 11) is 0. The first-order valence-corrected chi connectivity index (χ1v) is 11.9. The van der Waals surface area contributed by atoms with Gasteiger partial charge in [-0.25, -0.2) is 15.0 Å². The van der Waals surface area contributed by atoms with Crippen molar-refractivity contribution in [2.45, 2.75) is 33.4 Å². The van der Waals surface area contributed by atoms with Gasteiger partial charge in [-0.15, -0.1) is 0 Å². The van der Waals surface area contributed by atoms with E-state index in [9.17, 15) is 0 Å². The third-order valence-electron chi connectivity index (χ3n) is 6.85. The van der Waals surface area contributed by atoms with Crippen LogP contribution in [-0.4, -0.2) is 68.7 Å². The van der Waals surface area contributed by atoms with Gasteiger partial charge in [-0.2, -0.15) is 5.10 Å². The number of hydrogen-bond donors (Lipinski definition) is 1. The van der Waals surface area contributed by atoms with Crippen LogP contribution in [0.2, 0.25) is 0 Å². The highest BCUT2D eigenvalue weighted by molar-refractivity contribution is 5.91. The number of nitrogens with one attached hydrogen (secondary N) is 1. The van der Waals surface area contributed by atoms with Gasteiger partial charge in [0.15, 0.2) is 5.82 Å². The molecule has 0 amide bonds. The second-order valence-electron chi connectivity index (χ2n) is 9.28. The fourth-order valence-corrected chi connectivity index (χ4v) is 4.93. The Kier molecular flexibility index (Phi) is 5.30. The molecule has 4 aromatic heterocycles. The summed E-state index contributed by atoms with van der Waals surface area (Å²) in [6, 6.07) is 6.36. The molecule has 0 bridgehead atoms. The number of fused-ring (bicyclic) bond motifs is 1. The normalized spacial score (nSPS) is 19.0. The molecule has 6 rings (SSSR count). The van der Waals surface area contributed by atoms with Crippen molar-refractivity contribution in [3.8, 4) is 22.6 Å². The lowest BCUT2D eigenvalue weighted by Gasteiger charge is -2.34. The van der Waals surface area contributed by atoms with Crippen LogP contribution in [0.1, 0.15) is 18.3 Å². The maximum absolute atomic E-state index is 5.68. The SMILES string of the molecule is Cc1nn(CC2COC2)c(C)c1-c1cc(N2CCOC[C@H]2C)nc(-c2ccnc3[nH]ccc23)n1. The molecular weight excluding hydrogens is 430 g/mol. The maximum Gasteiger partial charge on any atom is 0.162 e. The second-order valence-corrected chi connectivity index (χ2v) is 9.28. The van der Waals surface area contributed by atoms with Gasteiger partial charge >= 0.3 is 0 Å². The molecule has 0 spiro atoms. The average molecular weight is 460 g/mol. The molecule has 2 saturated heterocycles. The lowest BCUT2D eigenvalue weighted by Crippen LogP contribution is -2.44. The first-order chi connectivity index (χ1) is 16.6. The van der Waals surface area contributed by atoms with Crippen LogP contribution in [0.15, 0.2) is 30.6 Å². The van der Waals surface area contributed by atoms with Gasteiger partial charge in [0, 0.05) is 59.7 Å². The van der Waals surface area contributed by atoms with Crippen LogP contribution >= 0.6 is 0 Å². The van der Waals surface area contributed by atoms with Gasteiger partial charge in [-0.05, 0) is 32.9 Å². The number of aryl methyl sites for hydroxylation is 1. The van der Waals surface area contributed by atoms with E-state index in [1.54, 1.807) is 6.20 Å². The molecule has 0 saturated carbocycles. The van der Waals surface area contributed by atoms with Crippen LogP contribution in [0.4, 0.5) is 5.82 Å². The van der Waals surface area contributed by atoms with Crippen LogP contribution in [0.5, 0.6) is 0 Å². The summed E-state index contributed by atoms with van der Waals surface area (Å²) >= 11 is 0. The largest absolute Gasteiger partial charge is 0.381 e. The zero-order chi connectivity index (χ0) is 23.2. The zero-order valence-electron chi connectivity index (χ0n) is 19.8. The molecule has 2 fully saturated rings. The first-order valence-electron chi connectivity index (χ1n) is 11.9. The average Bonchev–Trinajstić information content (AvgIpc) is 3.40. The van der Waals surface area contributed by atoms with Crippen molar-refractivity contribution in [1.82, 2.24) is 29.7 Å². The van der Waals surface area contributed by atoms with Crippen LogP contribution in [0, 0.1) is 19.8 Å². The minimum absolute atomic E-state index is 0.234. The number of pyridine rings is 1. The fraction of sp³-hybridized carbons (Fsp3) is 0.440. The fourth-order valence-electron chi connectivity index (χ4n) is 4.93. The van der Waals surface area contributed by atoms with E-state index in [4.69, 9.17) is 24.5 Å². The molecule has 9 heteroatoms. The second kappa shape index (κ2) is 8.48. The first kappa shape index (κ1) is 21.2. The molecule has 0 aliphatic carbocycles. The summed E-state index contributed by atoms with van der Waals surface area (Å²) in [5, 5.41) is 5.87. The Morgan fingerprint density at radius 2 is 2.00 bits per heavy atom. The van der Waals surface area contributed by atoms with Crippen LogP contribution in [0.3, 0.4) is 0 Å². The van der Waals surface area contributed by atoms with Gasteiger partial charge in [0.05, 0.1) is 43.9 Å². The number of morpholine rings is 1. The maximum atomic E-state index is 5.68. The molecule has 1 N–H and O–H groups in total. The standard InChI is InChI=1S/C25H29N7O2/c1-15-12-33-9-8-31(15)22-10-21(23-16(2)30-32(17(23)3)11-18-13-34-14-18)28-25(29-22)20-5-7-27-24-19(20)4-6-26-24/h4-7,10,15,18H,8-9,11-14H2,1-3H3,(H,26,27)/t15-/m1/s1. The van der Waals surface area contributed by atoms with Crippen molar-refractivity contribution >= 4 is 16.9 Å². The van der Waals surface area contributed by atoms with E-state index in [1.807, 2.05) is 18.3 Å². The van der Waals surface area contributed by atoms with Gasteiger partial charge in [-0.1, -0.05) is 0 Å². The van der Waals surface area contributed by atoms with E-state index in [1.165, 1.54) is 0 Å². The number of rotatable bonds is 5. The number of anilines is 1. The van der Waals surface area contributed by atoms with Gasteiger partial charge in [0.25, 0.3) is 0 Å². The quantitative estimate of drug-likeness (QED) is 0.489. The van der Waals surface area contributed by atoms with Gasteiger partial charge in [0.1, 0.15) is 11.5 Å². The Hall–Kier alpha value is -3.30. The molecule has 4 aromatic rings. The zero-order valence-corrected chi connectivity index (χ0v) is 19.8. The summed E-state index contributed by atoms with van der Waals surface area (Å²) in [6.45, 7) is 11.0. The Bertz CT molecular complexity index is 1340. The summed E-state index contributed by atoms with van der Waals surface area (Å²) < 4.78 is 13.2. The monoisotopic (exact) mass is 459 g/mol. The smallest absolute Gasteiger partial charge is 0.162 e. The van der Waals surface area contributed by atoms with Crippen molar-refractivity contribution in [1.29, 1.82) is 0 Å². The summed E-state index contributed by atoms with van der Waals surface area (Å²) in [6.07, 6.45) is 3.70. The lowest BCUT2D eigenvalue weighted by atomic mass is 10.1. The molecule has 2 aliphatic heterocycles. The van der Waals surface area contributed by atoms with Crippen molar-refractivity contribution in [3.05, 3.63) is 42.0 Å². The Morgan fingerprint density at radius 1 is 1.12 bits per heavy atom. The number of ether oxygens (including phenoxy) is 2. The Balaban J connectivity index is 1.50. The molecule has 0 radical (unpaired) electrons. The minimum Gasteiger partial charge on any atom is -0.381 e. The van der Waals surface area contributed by atoms with Crippen molar-refractivity contribution in [2.24, 2.45) is 5.92 Å². The van der Waals surface area contributed by atoms with Crippen LogP contribution < -0.4 is 4.90 Å². The molecule has 1 atom stereocenters. The van der Waals surface area contributed by atoms with Gasteiger partial charge in [0.2, 0.25) is 0 Å². The molecule has 0 aromatic carbocycles. The predicted octanol–water partition coefficient (Wildman–Crippen LogP) is 3.37. The lowest BCUT2D eigenvalue weighted by molar-refractivity contribution is -0.0411. The van der Waals surface area contributed by atoms with E-state index < -0.39 is 0 Å². The topological polar surface area (TPSA) is 94.0 Å². The molecule has 9 nitrogen and oxygen atoms in total. The molecule has 176 valence electrons. The van der Waals surface area contributed by atoms with Crippen LogP contribution in [0.25, 0.3) is 33.7 Å². The molecule has 0 unspecified atom stereocenters. The van der Waals surface area contributed by atoms with Crippen molar-refractivity contribution < 1.29 is 9.47 Å². The number of aromatic amines is 1. The molecule has 34 heavy (non-hydrogen) atoms. The predicted molar refractivity (Wildman–Crippen MR) is 130 cm³/mol. The van der Waals surface area contributed by atoms with Crippen molar-refractivity contribution in [2.75, 3.05) is 37.9 Å². The third-order valence-corrected chi connectivity index (χ3v) is 6.85. The highest BCUT2D eigenvalue weighted by Gasteiger charge is 2.26. The highest BCUT2D eigenvalue weighted by atomic mass is 16.5. The Labute approximate surface area is 198 Å². The van der Waals surface area contributed by atoms with Gasteiger partial charge in [-0.3, -0.25) is 4.68 Å². The van der Waals surface area contributed by atoms with E-state index in [2.05, 4.69) is 46.4 Å². The van der Waals surface area contributed by atoms with Crippen LogP contribution in [-0.2, 0) is 16.0 Å². The van der Waals surface area contributed by atoms with E-state index in [0.29, 0.717) is 25.0 Å². The Morgan fingerprint density at radius 3 is 2.79 bits per heavy atom. The van der Waals surface area contributed by atoms with Gasteiger partial charge < -0.3 is 19.4 Å². The van der Waals surface area contributed by atoms with Crippen molar-refractivity contribution in [3.63, 3.8) is 0 Å². The summed E-state index contributed by atoms with van der Waals surface area (Å²) in [5.41, 5.74) is 5.86. The number of nitrogens with zero attached hydrogens (tertiary/aromatic N) is 6.